The summed E-state index contributed by atoms with van der Waals surface area (Å²) < 4.78 is 20.8. The quantitative estimate of drug-likeness (QED) is 0.351. The SMILES string of the molecule is Nc1nc(SCc2ccccc2F)c2ncn(C3OC(CO)C(O)C3O)c2n1. The van der Waals surface area contributed by atoms with Gasteiger partial charge in [0.05, 0.1) is 12.9 Å². The van der Waals surface area contributed by atoms with Crippen LogP contribution in [0.3, 0.4) is 0 Å². The molecule has 3 heterocycles. The van der Waals surface area contributed by atoms with Gasteiger partial charge in [-0.15, -0.1) is 0 Å². The van der Waals surface area contributed by atoms with Crippen LogP contribution in [-0.4, -0.2) is 59.8 Å². The molecule has 0 saturated carbocycles. The number of fused-ring (bicyclic) bond motifs is 1. The second-order valence-electron chi connectivity index (χ2n) is 6.32. The minimum absolute atomic E-state index is 0.0166. The lowest BCUT2D eigenvalue weighted by molar-refractivity contribution is -0.0511. The summed E-state index contributed by atoms with van der Waals surface area (Å²) in [6, 6.07) is 6.43. The average Bonchev–Trinajstić information content (AvgIpc) is 3.22. The molecule has 148 valence electrons. The zero-order chi connectivity index (χ0) is 19.8. The highest BCUT2D eigenvalue weighted by Crippen LogP contribution is 2.34. The number of ether oxygens (including phenoxy) is 1. The molecule has 11 heteroatoms. The van der Waals surface area contributed by atoms with Crippen molar-refractivity contribution in [1.29, 1.82) is 0 Å². The first-order chi connectivity index (χ1) is 13.5. The van der Waals surface area contributed by atoms with Crippen LogP contribution in [0.5, 0.6) is 0 Å². The lowest BCUT2D eigenvalue weighted by Gasteiger charge is -2.16. The van der Waals surface area contributed by atoms with Crippen LogP contribution in [0, 0.1) is 5.82 Å². The number of thioether (sulfide) groups is 1. The molecule has 28 heavy (non-hydrogen) atoms. The van der Waals surface area contributed by atoms with Gasteiger partial charge in [0.1, 0.15) is 34.7 Å². The standard InChI is InChI=1S/C17H18FN5O4S/c18-9-4-2-1-3-8(9)6-28-15-11-14(21-17(19)22-15)23(7-20-11)16-13(26)12(25)10(5-24)27-16/h1-4,7,10,12-13,16,24-26H,5-6H2,(H2,19,21,22). The lowest BCUT2D eigenvalue weighted by atomic mass is 10.1. The smallest absolute Gasteiger partial charge is 0.223 e. The molecule has 4 atom stereocenters. The fraction of sp³-hybridized carbons (Fsp3) is 0.353. The Hall–Kier alpha value is -2.31. The van der Waals surface area contributed by atoms with Gasteiger partial charge >= 0.3 is 0 Å². The van der Waals surface area contributed by atoms with Crippen molar-refractivity contribution in [2.24, 2.45) is 0 Å². The van der Waals surface area contributed by atoms with Gasteiger partial charge in [-0.05, 0) is 11.6 Å². The maximum Gasteiger partial charge on any atom is 0.223 e. The summed E-state index contributed by atoms with van der Waals surface area (Å²) in [6.07, 6.45) is -3.05. The van der Waals surface area contributed by atoms with Gasteiger partial charge in [0.2, 0.25) is 5.95 Å². The van der Waals surface area contributed by atoms with Gasteiger partial charge in [0, 0.05) is 5.75 Å². The first-order valence-corrected chi connectivity index (χ1v) is 9.47. The van der Waals surface area contributed by atoms with Crippen LogP contribution in [-0.2, 0) is 10.5 Å². The van der Waals surface area contributed by atoms with Crippen LogP contribution in [0.25, 0.3) is 11.2 Å². The molecule has 9 nitrogen and oxygen atoms in total. The number of aliphatic hydroxyl groups excluding tert-OH is 3. The van der Waals surface area contributed by atoms with E-state index in [9.17, 15) is 19.7 Å². The number of hydrogen-bond acceptors (Lipinski definition) is 9. The van der Waals surface area contributed by atoms with Gasteiger partial charge in [-0.1, -0.05) is 30.0 Å². The summed E-state index contributed by atoms with van der Waals surface area (Å²) in [6.45, 7) is -0.442. The van der Waals surface area contributed by atoms with Crippen LogP contribution >= 0.6 is 11.8 Å². The van der Waals surface area contributed by atoms with E-state index >= 15 is 0 Å². The van der Waals surface area contributed by atoms with E-state index in [4.69, 9.17) is 10.5 Å². The van der Waals surface area contributed by atoms with Crippen molar-refractivity contribution >= 4 is 28.9 Å². The number of anilines is 1. The molecule has 0 amide bonds. The predicted octanol–water partition coefficient (Wildman–Crippen LogP) is 0.451. The number of nitrogen functional groups attached to an aromatic ring is 1. The lowest BCUT2D eigenvalue weighted by Crippen LogP contribution is -2.33. The second-order valence-corrected chi connectivity index (χ2v) is 7.28. The van der Waals surface area contributed by atoms with Crippen molar-refractivity contribution in [2.75, 3.05) is 12.3 Å². The molecule has 4 rings (SSSR count). The molecule has 1 saturated heterocycles. The van der Waals surface area contributed by atoms with E-state index in [0.717, 1.165) is 0 Å². The fourth-order valence-corrected chi connectivity index (χ4v) is 4.03. The largest absolute Gasteiger partial charge is 0.394 e. The summed E-state index contributed by atoms with van der Waals surface area (Å²) in [5.74, 6) is -0.0128. The van der Waals surface area contributed by atoms with E-state index in [-0.39, 0.29) is 11.8 Å². The Labute approximate surface area is 163 Å². The number of aromatic nitrogens is 4. The molecule has 0 radical (unpaired) electrons. The Kier molecular flexibility index (Phi) is 5.17. The first kappa shape index (κ1) is 19.0. The van der Waals surface area contributed by atoms with Crippen LogP contribution < -0.4 is 5.73 Å². The number of imidazole rings is 1. The van der Waals surface area contributed by atoms with E-state index in [2.05, 4.69) is 15.0 Å². The fourth-order valence-electron chi connectivity index (χ4n) is 3.06. The van der Waals surface area contributed by atoms with Crippen LogP contribution in [0.4, 0.5) is 10.3 Å². The van der Waals surface area contributed by atoms with Crippen molar-refractivity contribution in [3.05, 3.63) is 42.0 Å². The second kappa shape index (κ2) is 7.60. The Morgan fingerprint density at radius 3 is 2.71 bits per heavy atom. The third-order valence-electron chi connectivity index (χ3n) is 4.52. The van der Waals surface area contributed by atoms with Crippen molar-refractivity contribution in [1.82, 2.24) is 19.5 Å². The zero-order valence-corrected chi connectivity index (χ0v) is 15.3. The number of aliphatic hydroxyl groups is 3. The Balaban J connectivity index is 1.66. The molecule has 1 aliphatic heterocycles. The number of benzene rings is 1. The number of nitrogens with two attached hydrogens (primary N) is 1. The maximum absolute atomic E-state index is 13.9. The van der Waals surface area contributed by atoms with E-state index in [0.29, 0.717) is 27.5 Å². The zero-order valence-electron chi connectivity index (χ0n) is 14.5. The van der Waals surface area contributed by atoms with E-state index in [1.807, 2.05) is 0 Å². The van der Waals surface area contributed by atoms with Crippen molar-refractivity contribution < 1.29 is 24.4 Å². The molecule has 3 aromatic rings. The molecule has 0 spiro atoms. The minimum atomic E-state index is -1.28. The average molecular weight is 407 g/mol. The third-order valence-corrected chi connectivity index (χ3v) is 5.53. The van der Waals surface area contributed by atoms with E-state index in [1.165, 1.54) is 28.7 Å². The molecule has 0 aliphatic carbocycles. The summed E-state index contributed by atoms with van der Waals surface area (Å²) in [7, 11) is 0. The van der Waals surface area contributed by atoms with Crippen molar-refractivity contribution in [3.63, 3.8) is 0 Å². The Morgan fingerprint density at radius 2 is 2.00 bits per heavy atom. The molecule has 4 unspecified atom stereocenters. The number of hydrogen-bond donors (Lipinski definition) is 4. The molecule has 0 bridgehead atoms. The van der Waals surface area contributed by atoms with E-state index < -0.39 is 31.1 Å². The summed E-state index contributed by atoms with van der Waals surface area (Å²) in [5.41, 5.74) is 7.05. The highest BCUT2D eigenvalue weighted by Gasteiger charge is 2.44. The van der Waals surface area contributed by atoms with Gasteiger partial charge in [-0.3, -0.25) is 4.57 Å². The number of nitrogens with zero attached hydrogens (tertiary/aromatic N) is 4. The predicted molar refractivity (Wildman–Crippen MR) is 98.7 cm³/mol. The van der Waals surface area contributed by atoms with Crippen LogP contribution in [0.2, 0.25) is 0 Å². The molecule has 1 aliphatic rings. The minimum Gasteiger partial charge on any atom is -0.394 e. The first-order valence-electron chi connectivity index (χ1n) is 8.48. The summed E-state index contributed by atoms with van der Waals surface area (Å²) >= 11 is 1.25. The molecule has 5 N–H and O–H groups in total. The number of rotatable bonds is 5. The van der Waals surface area contributed by atoms with Crippen LogP contribution in [0.15, 0.2) is 35.6 Å². The van der Waals surface area contributed by atoms with Gasteiger partial charge in [0.15, 0.2) is 11.9 Å². The highest BCUT2D eigenvalue weighted by molar-refractivity contribution is 7.98. The summed E-state index contributed by atoms with van der Waals surface area (Å²) in [5, 5.41) is 30.0. The molecule has 1 aromatic carbocycles. The van der Waals surface area contributed by atoms with Gasteiger partial charge < -0.3 is 25.8 Å². The van der Waals surface area contributed by atoms with Crippen LogP contribution in [0.1, 0.15) is 11.8 Å². The number of halogens is 1. The molecule has 1 fully saturated rings. The van der Waals surface area contributed by atoms with Gasteiger partial charge in [-0.2, -0.15) is 4.98 Å². The Bertz CT molecular complexity index is 1000. The highest BCUT2D eigenvalue weighted by atomic mass is 32.2. The molecule has 2 aromatic heterocycles. The van der Waals surface area contributed by atoms with Gasteiger partial charge in [-0.25, -0.2) is 14.4 Å². The maximum atomic E-state index is 13.9. The Morgan fingerprint density at radius 1 is 1.21 bits per heavy atom. The topological polar surface area (TPSA) is 140 Å². The molecular formula is C17H18FN5O4S. The third kappa shape index (κ3) is 3.31. The van der Waals surface area contributed by atoms with E-state index in [1.54, 1.807) is 18.2 Å². The summed E-state index contributed by atoms with van der Waals surface area (Å²) in [4.78, 5) is 12.6. The normalized spacial score (nSPS) is 24.9. The van der Waals surface area contributed by atoms with Gasteiger partial charge in [0.25, 0.3) is 0 Å². The van der Waals surface area contributed by atoms with Crippen molar-refractivity contribution in [2.45, 2.75) is 35.3 Å². The monoisotopic (exact) mass is 407 g/mol. The molecular weight excluding hydrogens is 389 g/mol. The van der Waals surface area contributed by atoms with Crippen molar-refractivity contribution in [3.8, 4) is 0 Å².